The van der Waals surface area contributed by atoms with Crippen molar-refractivity contribution in [1.82, 2.24) is 0 Å². The molecule has 1 N–H and O–H groups in total. The average Bonchev–Trinajstić information content (AvgIpc) is 2.21. The van der Waals surface area contributed by atoms with Gasteiger partial charge in [-0.1, -0.05) is 6.08 Å². The van der Waals surface area contributed by atoms with Gasteiger partial charge in [0.25, 0.3) is 0 Å². The van der Waals surface area contributed by atoms with Crippen LogP contribution in [0, 0.1) is 5.92 Å². The lowest BCUT2D eigenvalue weighted by Gasteiger charge is -2.20. The van der Waals surface area contributed by atoms with Crippen LogP contribution in [-0.2, 0) is 19.1 Å². The summed E-state index contributed by atoms with van der Waals surface area (Å²) >= 11 is 0. The molecule has 0 aliphatic heterocycles. The molecule has 0 aromatic heterocycles. The van der Waals surface area contributed by atoms with Crippen molar-refractivity contribution in [2.24, 2.45) is 5.92 Å². The first-order valence-corrected chi connectivity index (χ1v) is 4.61. The normalized spacial score (nSPS) is 14.0. The molecule has 0 aromatic carbocycles. The second kappa shape index (κ2) is 7.00. The smallest absolute Gasteiger partial charge is 0.335 e. The van der Waals surface area contributed by atoms with Gasteiger partial charge in [0.2, 0.25) is 0 Å². The third-order valence-corrected chi connectivity index (χ3v) is 1.88. The zero-order chi connectivity index (χ0) is 11.8. The van der Waals surface area contributed by atoms with Gasteiger partial charge >= 0.3 is 11.9 Å². The maximum absolute atomic E-state index is 11.3. The molecule has 0 aliphatic carbocycles. The number of hydrogen-bond acceptors (Lipinski definition) is 4. The van der Waals surface area contributed by atoms with Gasteiger partial charge in [0.15, 0.2) is 6.10 Å². The molecule has 0 bridgehead atoms. The van der Waals surface area contributed by atoms with E-state index in [2.05, 4.69) is 11.3 Å². The summed E-state index contributed by atoms with van der Waals surface area (Å²) in [5, 5.41) is 8.91. The number of hydrogen-bond donors (Lipinski definition) is 1. The molecule has 5 heteroatoms. The van der Waals surface area contributed by atoms with E-state index in [4.69, 9.17) is 9.84 Å². The van der Waals surface area contributed by atoms with Gasteiger partial charge < -0.3 is 14.6 Å². The Labute approximate surface area is 88.7 Å². The fourth-order valence-corrected chi connectivity index (χ4v) is 1.18. The van der Waals surface area contributed by atoms with E-state index in [1.807, 2.05) is 0 Å². The summed E-state index contributed by atoms with van der Waals surface area (Å²) < 4.78 is 9.55. The highest BCUT2D eigenvalue weighted by Gasteiger charge is 2.34. The number of carboxylic acid groups (broad SMARTS) is 1. The van der Waals surface area contributed by atoms with Crippen molar-refractivity contribution in [2.45, 2.75) is 19.4 Å². The van der Waals surface area contributed by atoms with Crippen LogP contribution in [0.2, 0.25) is 0 Å². The first kappa shape index (κ1) is 13.6. The number of carbonyl (C=O) groups excluding carboxylic acids is 1. The molecule has 15 heavy (non-hydrogen) atoms. The first-order valence-electron chi connectivity index (χ1n) is 4.61. The van der Waals surface area contributed by atoms with E-state index in [0.717, 1.165) is 0 Å². The van der Waals surface area contributed by atoms with Crippen molar-refractivity contribution >= 4 is 11.9 Å². The highest BCUT2D eigenvalue weighted by atomic mass is 16.6. The number of allylic oxidation sites excluding steroid dienone is 1. The van der Waals surface area contributed by atoms with Crippen LogP contribution in [0.4, 0.5) is 0 Å². The number of aliphatic carboxylic acids is 1. The molecule has 0 aliphatic rings. The maximum atomic E-state index is 11.3. The standard InChI is InChI=1S/C10H16O5/c1-4-6-7(9(11)12)8(15-5-2)10(13)14-3/h4,7-8H,1,5-6H2,2-3H3,(H,11,12). The Balaban J connectivity index is 4.73. The van der Waals surface area contributed by atoms with Gasteiger partial charge in [-0.15, -0.1) is 6.58 Å². The summed E-state index contributed by atoms with van der Waals surface area (Å²) in [4.78, 5) is 22.2. The molecule has 0 heterocycles. The summed E-state index contributed by atoms with van der Waals surface area (Å²) in [5.74, 6) is -2.72. The molecule has 5 nitrogen and oxygen atoms in total. The zero-order valence-electron chi connectivity index (χ0n) is 8.93. The van der Waals surface area contributed by atoms with Crippen molar-refractivity contribution < 1.29 is 24.2 Å². The van der Waals surface area contributed by atoms with Gasteiger partial charge in [-0.2, -0.15) is 0 Å². The van der Waals surface area contributed by atoms with Crippen LogP contribution in [0.3, 0.4) is 0 Å². The molecule has 0 saturated heterocycles. The predicted molar refractivity (Wildman–Crippen MR) is 53.4 cm³/mol. The molecule has 0 radical (unpaired) electrons. The minimum Gasteiger partial charge on any atom is -0.481 e. The largest absolute Gasteiger partial charge is 0.481 e. The van der Waals surface area contributed by atoms with Crippen molar-refractivity contribution in [3.8, 4) is 0 Å². The topological polar surface area (TPSA) is 72.8 Å². The third kappa shape index (κ3) is 4.12. The second-order valence-electron chi connectivity index (χ2n) is 2.87. The summed E-state index contributed by atoms with van der Waals surface area (Å²) in [6, 6.07) is 0. The molecule has 0 saturated carbocycles. The van der Waals surface area contributed by atoms with Crippen LogP contribution in [0.15, 0.2) is 12.7 Å². The monoisotopic (exact) mass is 216 g/mol. The lowest BCUT2D eigenvalue weighted by Crippen LogP contribution is -2.37. The number of carboxylic acids is 1. The number of ether oxygens (including phenoxy) is 2. The van der Waals surface area contributed by atoms with Crippen LogP contribution in [0.1, 0.15) is 13.3 Å². The number of carbonyl (C=O) groups is 2. The maximum Gasteiger partial charge on any atom is 0.335 e. The molecular formula is C10H16O5. The fraction of sp³-hybridized carbons (Fsp3) is 0.600. The average molecular weight is 216 g/mol. The quantitative estimate of drug-likeness (QED) is 0.504. The first-order chi connectivity index (χ1) is 7.08. The third-order valence-electron chi connectivity index (χ3n) is 1.88. The van der Waals surface area contributed by atoms with Crippen molar-refractivity contribution in [2.75, 3.05) is 13.7 Å². The summed E-state index contributed by atoms with van der Waals surface area (Å²) in [5.41, 5.74) is 0. The van der Waals surface area contributed by atoms with E-state index in [1.54, 1.807) is 6.92 Å². The van der Waals surface area contributed by atoms with Gasteiger partial charge in [-0.05, 0) is 13.3 Å². The molecule has 0 spiro atoms. The second-order valence-corrected chi connectivity index (χ2v) is 2.87. The Bertz CT molecular complexity index is 236. The van der Waals surface area contributed by atoms with Gasteiger partial charge in [0, 0.05) is 6.61 Å². The molecule has 0 rings (SSSR count). The number of esters is 1. The molecular weight excluding hydrogens is 200 g/mol. The molecule has 0 amide bonds. The number of methoxy groups -OCH3 is 1. The van der Waals surface area contributed by atoms with Gasteiger partial charge in [0.05, 0.1) is 13.0 Å². The molecule has 2 atom stereocenters. The van der Waals surface area contributed by atoms with E-state index in [0.29, 0.717) is 0 Å². The van der Waals surface area contributed by atoms with Gasteiger partial charge in [0.1, 0.15) is 0 Å². The molecule has 0 aromatic rings. The molecule has 0 fully saturated rings. The SMILES string of the molecule is C=CCC(C(=O)O)C(OCC)C(=O)OC. The Morgan fingerprint density at radius 3 is 2.47 bits per heavy atom. The summed E-state index contributed by atoms with van der Waals surface area (Å²) in [7, 11) is 1.20. The lowest BCUT2D eigenvalue weighted by atomic mass is 9.98. The van der Waals surface area contributed by atoms with Crippen LogP contribution in [0.25, 0.3) is 0 Å². The Morgan fingerprint density at radius 1 is 1.53 bits per heavy atom. The van der Waals surface area contributed by atoms with Crippen LogP contribution in [0.5, 0.6) is 0 Å². The Morgan fingerprint density at radius 2 is 2.13 bits per heavy atom. The summed E-state index contributed by atoms with van der Waals surface area (Å²) in [6.45, 7) is 5.37. The Kier molecular flexibility index (Phi) is 6.37. The summed E-state index contributed by atoms with van der Waals surface area (Å²) in [6.07, 6.45) is 0.526. The minimum absolute atomic E-state index is 0.162. The van der Waals surface area contributed by atoms with E-state index >= 15 is 0 Å². The van der Waals surface area contributed by atoms with Crippen LogP contribution in [-0.4, -0.2) is 36.9 Å². The van der Waals surface area contributed by atoms with E-state index in [1.165, 1.54) is 13.2 Å². The van der Waals surface area contributed by atoms with Crippen molar-refractivity contribution in [1.29, 1.82) is 0 Å². The Hall–Kier alpha value is -1.36. The van der Waals surface area contributed by atoms with Crippen LogP contribution >= 0.6 is 0 Å². The predicted octanol–water partition coefficient (Wildman–Crippen LogP) is 0.841. The van der Waals surface area contributed by atoms with Gasteiger partial charge in [-0.25, -0.2) is 4.79 Å². The molecule has 2 unspecified atom stereocenters. The van der Waals surface area contributed by atoms with Crippen LogP contribution < -0.4 is 0 Å². The lowest BCUT2D eigenvalue weighted by molar-refractivity contribution is -0.165. The van der Waals surface area contributed by atoms with E-state index < -0.39 is 24.0 Å². The van der Waals surface area contributed by atoms with Crippen molar-refractivity contribution in [3.05, 3.63) is 12.7 Å². The zero-order valence-corrected chi connectivity index (χ0v) is 8.93. The van der Waals surface area contributed by atoms with Gasteiger partial charge in [-0.3, -0.25) is 4.79 Å². The highest BCUT2D eigenvalue weighted by Crippen LogP contribution is 2.15. The van der Waals surface area contributed by atoms with E-state index in [-0.39, 0.29) is 13.0 Å². The number of rotatable bonds is 7. The molecule has 86 valence electrons. The fourth-order valence-electron chi connectivity index (χ4n) is 1.18. The van der Waals surface area contributed by atoms with Crippen molar-refractivity contribution in [3.63, 3.8) is 0 Å². The van der Waals surface area contributed by atoms with E-state index in [9.17, 15) is 9.59 Å². The minimum atomic E-state index is -1.10. The highest BCUT2D eigenvalue weighted by molar-refractivity contribution is 5.83.